The topological polar surface area (TPSA) is 166 Å². The number of urea groups is 1. The molecule has 0 spiro atoms. The first-order valence-electron chi connectivity index (χ1n) is 15.3. The van der Waals surface area contributed by atoms with E-state index in [0.717, 1.165) is 22.0 Å². The molecule has 2 fully saturated rings. The first-order valence-corrected chi connectivity index (χ1v) is 16.8. The normalized spacial score (nSPS) is 18.6. The first-order chi connectivity index (χ1) is 23.0. The third-order valence-electron chi connectivity index (χ3n) is 8.33. The van der Waals surface area contributed by atoms with Gasteiger partial charge in [-0.15, -0.1) is 6.58 Å². The molecule has 1 aromatic heterocycles. The largest absolute Gasteiger partial charge is 0.780 e. The van der Waals surface area contributed by atoms with Crippen molar-refractivity contribution < 1.29 is 33.3 Å². The predicted molar refractivity (Wildman–Crippen MR) is 171 cm³/mol. The van der Waals surface area contributed by atoms with Crippen molar-refractivity contribution in [2.75, 3.05) is 19.6 Å². The van der Waals surface area contributed by atoms with E-state index < -0.39 is 26.1 Å². The lowest BCUT2D eigenvalue weighted by Crippen LogP contribution is -2.76. The SMILES string of the molecule is C=CCN1CC(=O)N2C(Cc3ccc(OP(=O)([O-])[O-])cc3)C(=O)N(Cc3cccc4cn(C)nc34)CC2N1C(=O)NCc1ccccc1. The van der Waals surface area contributed by atoms with Gasteiger partial charge in [-0.25, -0.2) is 14.8 Å². The molecule has 2 saturated heterocycles. The molecular formula is C33H34N7O7P-2. The molecule has 3 aromatic carbocycles. The molecule has 2 aliphatic rings. The minimum Gasteiger partial charge on any atom is -0.780 e. The summed E-state index contributed by atoms with van der Waals surface area (Å²) in [6.07, 6.45) is 2.69. The lowest BCUT2D eigenvalue weighted by molar-refractivity contribution is -0.333. The highest BCUT2D eigenvalue weighted by atomic mass is 31.2. The average molecular weight is 672 g/mol. The van der Waals surface area contributed by atoms with Crippen molar-refractivity contribution in [2.45, 2.75) is 31.7 Å². The predicted octanol–water partition coefficient (Wildman–Crippen LogP) is 1.52. The maximum atomic E-state index is 14.3. The third kappa shape index (κ3) is 7.11. The summed E-state index contributed by atoms with van der Waals surface area (Å²) in [7, 11) is -3.44. The highest BCUT2D eigenvalue weighted by Crippen LogP contribution is 2.32. The molecule has 2 atom stereocenters. The van der Waals surface area contributed by atoms with Gasteiger partial charge < -0.3 is 34.0 Å². The maximum Gasteiger partial charge on any atom is 0.334 e. The number of hydrazine groups is 1. The number of aromatic nitrogens is 2. The van der Waals surface area contributed by atoms with Crippen LogP contribution >= 0.6 is 7.82 Å². The molecule has 4 amide bonds. The Labute approximate surface area is 277 Å². The molecule has 2 aliphatic heterocycles. The molecule has 4 aromatic rings. The van der Waals surface area contributed by atoms with Crippen LogP contribution < -0.4 is 19.6 Å². The van der Waals surface area contributed by atoms with E-state index in [4.69, 9.17) is 0 Å². The van der Waals surface area contributed by atoms with Gasteiger partial charge in [0.15, 0.2) is 0 Å². The van der Waals surface area contributed by atoms with Crippen molar-refractivity contribution in [1.82, 2.24) is 34.9 Å². The Bertz CT molecular complexity index is 1880. The van der Waals surface area contributed by atoms with Gasteiger partial charge in [0, 0.05) is 44.7 Å². The molecule has 0 aliphatic carbocycles. The van der Waals surface area contributed by atoms with E-state index in [2.05, 4.69) is 21.5 Å². The van der Waals surface area contributed by atoms with E-state index in [9.17, 15) is 28.7 Å². The summed E-state index contributed by atoms with van der Waals surface area (Å²) in [6.45, 7) is 4.34. The summed E-state index contributed by atoms with van der Waals surface area (Å²) in [4.78, 5) is 67.4. The van der Waals surface area contributed by atoms with Crippen molar-refractivity contribution in [3.8, 4) is 5.75 Å². The number of benzene rings is 3. The Morgan fingerprint density at radius 3 is 2.52 bits per heavy atom. The monoisotopic (exact) mass is 671 g/mol. The molecule has 1 N–H and O–H groups in total. The highest BCUT2D eigenvalue weighted by Gasteiger charge is 2.51. The summed E-state index contributed by atoms with van der Waals surface area (Å²) in [5.74, 6) is -0.823. The number of fused-ring (bicyclic) bond motifs is 2. The van der Waals surface area contributed by atoms with Gasteiger partial charge >= 0.3 is 6.03 Å². The van der Waals surface area contributed by atoms with Crippen LogP contribution in [0.5, 0.6) is 5.75 Å². The van der Waals surface area contributed by atoms with Gasteiger partial charge in [0.25, 0.3) is 0 Å². The Morgan fingerprint density at radius 1 is 1.06 bits per heavy atom. The molecule has 0 saturated carbocycles. The smallest absolute Gasteiger partial charge is 0.334 e. The number of hydrogen-bond donors (Lipinski definition) is 1. The van der Waals surface area contributed by atoms with Gasteiger partial charge in [-0.1, -0.05) is 66.7 Å². The fourth-order valence-corrected chi connectivity index (χ4v) is 6.68. The van der Waals surface area contributed by atoms with E-state index in [0.29, 0.717) is 5.56 Å². The van der Waals surface area contributed by atoms with Crippen LogP contribution in [-0.4, -0.2) is 79.3 Å². The molecule has 6 rings (SSSR count). The zero-order valence-electron chi connectivity index (χ0n) is 26.2. The first kappa shape index (κ1) is 32.9. The van der Waals surface area contributed by atoms with Crippen molar-refractivity contribution in [2.24, 2.45) is 7.05 Å². The van der Waals surface area contributed by atoms with Gasteiger partial charge in [0.2, 0.25) is 11.8 Å². The van der Waals surface area contributed by atoms with Gasteiger partial charge in [-0.3, -0.25) is 14.3 Å². The van der Waals surface area contributed by atoms with Crippen molar-refractivity contribution in [3.63, 3.8) is 0 Å². The summed E-state index contributed by atoms with van der Waals surface area (Å²) >= 11 is 0. The Kier molecular flexibility index (Phi) is 9.33. The fraction of sp³-hybridized carbons (Fsp3) is 0.273. The lowest BCUT2D eigenvalue weighted by atomic mass is 9.98. The minimum absolute atomic E-state index is 0.0335. The number of amides is 4. The van der Waals surface area contributed by atoms with Crippen LogP contribution in [0.25, 0.3) is 10.9 Å². The van der Waals surface area contributed by atoms with Crippen molar-refractivity contribution in [1.29, 1.82) is 0 Å². The minimum atomic E-state index is -5.26. The number of piperazine rings is 1. The molecule has 3 heterocycles. The number of rotatable bonds is 10. The number of hydrogen-bond acceptors (Lipinski definition) is 9. The highest BCUT2D eigenvalue weighted by molar-refractivity contribution is 7.43. The molecule has 2 unspecified atom stereocenters. The summed E-state index contributed by atoms with van der Waals surface area (Å²) in [6, 6.07) is 19.4. The molecular weight excluding hydrogens is 637 g/mol. The molecule has 0 bridgehead atoms. The third-order valence-corrected chi connectivity index (χ3v) is 8.76. The summed E-state index contributed by atoms with van der Waals surface area (Å²) in [5, 5.41) is 11.6. The van der Waals surface area contributed by atoms with Crippen LogP contribution in [0.2, 0.25) is 0 Å². The average Bonchev–Trinajstić information content (AvgIpc) is 3.44. The number of nitrogens with zero attached hydrogens (tertiary/aromatic N) is 6. The van der Waals surface area contributed by atoms with Crippen LogP contribution in [0.4, 0.5) is 4.79 Å². The van der Waals surface area contributed by atoms with E-state index in [1.807, 2.05) is 61.8 Å². The van der Waals surface area contributed by atoms with Crippen LogP contribution in [0, 0.1) is 0 Å². The van der Waals surface area contributed by atoms with E-state index in [1.54, 1.807) is 20.7 Å². The van der Waals surface area contributed by atoms with Crippen LogP contribution in [0.1, 0.15) is 16.7 Å². The second-order valence-corrected chi connectivity index (χ2v) is 12.8. The maximum absolute atomic E-state index is 14.3. The van der Waals surface area contributed by atoms with Gasteiger partial charge in [-0.05, 0) is 28.8 Å². The summed E-state index contributed by atoms with van der Waals surface area (Å²) in [5.41, 5.74) is 3.02. The standard InChI is InChI=1S/C33H36N7O7P/c1-3-16-38-22-30(41)39-28(17-23-12-14-27(15-13-23)47-48(44,45)46)32(42)37(20-26-11-7-10-25-19-36(2)35-31(25)26)21-29(39)40(38)33(43)34-18-24-8-5-4-6-9-24/h3-15,19,28-29H,1,16-18,20-22H2,2H3,(H,34,43)(H2,44,45,46)/p-2. The molecule has 15 heteroatoms. The zero-order chi connectivity index (χ0) is 34.0. The lowest BCUT2D eigenvalue weighted by Gasteiger charge is -2.55. The quantitative estimate of drug-likeness (QED) is 0.194. The molecule has 14 nitrogen and oxygen atoms in total. The van der Waals surface area contributed by atoms with Crippen LogP contribution in [0.3, 0.4) is 0 Å². The Balaban J connectivity index is 1.35. The van der Waals surface area contributed by atoms with E-state index in [1.165, 1.54) is 34.2 Å². The summed E-state index contributed by atoms with van der Waals surface area (Å²) < 4.78 is 17.3. The number of carbonyl (C=O) groups excluding carboxylic acids is 3. The number of phosphoric acid groups is 1. The Morgan fingerprint density at radius 2 is 1.81 bits per heavy atom. The van der Waals surface area contributed by atoms with E-state index in [-0.39, 0.29) is 56.7 Å². The van der Waals surface area contributed by atoms with Crippen molar-refractivity contribution >= 4 is 36.6 Å². The Hall–Kier alpha value is -5.01. The molecule has 250 valence electrons. The zero-order valence-corrected chi connectivity index (χ0v) is 27.1. The molecule has 48 heavy (non-hydrogen) atoms. The second-order valence-electron chi connectivity index (χ2n) is 11.7. The fourth-order valence-electron chi connectivity index (χ4n) is 6.30. The second kappa shape index (κ2) is 13.6. The van der Waals surface area contributed by atoms with E-state index >= 15 is 0 Å². The molecule has 0 radical (unpaired) electrons. The van der Waals surface area contributed by atoms with Gasteiger partial charge in [0.1, 0.15) is 25.8 Å². The van der Waals surface area contributed by atoms with Crippen molar-refractivity contribution in [3.05, 3.63) is 108 Å². The van der Waals surface area contributed by atoms with Crippen LogP contribution in [-0.2, 0) is 40.7 Å². The van der Waals surface area contributed by atoms with Gasteiger partial charge in [-0.2, -0.15) is 5.10 Å². The number of carbonyl (C=O) groups is 3. The van der Waals surface area contributed by atoms with Gasteiger partial charge in [0.05, 0.1) is 18.6 Å². The number of nitrogens with one attached hydrogen (secondary N) is 1. The number of phosphoric ester groups is 1. The number of aryl methyl sites for hydroxylation is 1. The van der Waals surface area contributed by atoms with Crippen LogP contribution in [0.15, 0.2) is 91.6 Å².